The molecule has 1 aliphatic heterocycles. The average molecular weight is 380 g/mol. The minimum Gasteiger partial charge on any atom is -0.378 e. The number of morpholine rings is 1. The first-order chi connectivity index (χ1) is 13.2. The van der Waals surface area contributed by atoms with E-state index in [1.807, 2.05) is 59.5 Å². The summed E-state index contributed by atoms with van der Waals surface area (Å²) in [7, 11) is 0. The summed E-state index contributed by atoms with van der Waals surface area (Å²) in [5.41, 5.74) is 1.72. The van der Waals surface area contributed by atoms with Gasteiger partial charge in [0.25, 0.3) is 5.91 Å². The summed E-state index contributed by atoms with van der Waals surface area (Å²) in [4.78, 5) is 27.5. The zero-order chi connectivity index (χ0) is 18.6. The molecule has 27 heavy (non-hydrogen) atoms. The van der Waals surface area contributed by atoms with Gasteiger partial charge >= 0.3 is 0 Å². The summed E-state index contributed by atoms with van der Waals surface area (Å²) in [5, 5.41) is 3.90. The minimum atomic E-state index is -0.0552. The zero-order valence-electron chi connectivity index (χ0n) is 14.8. The average Bonchev–Trinajstić information content (AvgIpc) is 3.12. The number of hydrogen-bond acceptors (Lipinski definition) is 4. The van der Waals surface area contributed by atoms with E-state index in [9.17, 15) is 9.59 Å². The first kappa shape index (κ1) is 17.7. The summed E-state index contributed by atoms with van der Waals surface area (Å²) in [6.07, 6.45) is 0.337. The number of anilines is 1. The van der Waals surface area contributed by atoms with Crippen molar-refractivity contribution in [2.75, 3.05) is 31.6 Å². The highest BCUT2D eigenvalue weighted by molar-refractivity contribution is 7.20. The van der Waals surface area contributed by atoms with Crippen LogP contribution in [0.5, 0.6) is 0 Å². The van der Waals surface area contributed by atoms with E-state index >= 15 is 0 Å². The third kappa shape index (κ3) is 4.18. The highest BCUT2D eigenvalue weighted by atomic mass is 32.1. The Balaban J connectivity index is 1.47. The second-order valence-electron chi connectivity index (χ2n) is 6.48. The Hall–Kier alpha value is -2.70. The van der Waals surface area contributed by atoms with Gasteiger partial charge in [-0.1, -0.05) is 30.3 Å². The highest BCUT2D eigenvalue weighted by Crippen LogP contribution is 2.29. The molecule has 4 rings (SSSR count). The molecule has 0 radical (unpaired) electrons. The number of nitrogens with zero attached hydrogens (tertiary/aromatic N) is 1. The molecule has 138 valence electrons. The predicted molar refractivity (Wildman–Crippen MR) is 107 cm³/mol. The van der Waals surface area contributed by atoms with Crippen molar-refractivity contribution in [3.63, 3.8) is 0 Å². The van der Waals surface area contributed by atoms with Crippen molar-refractivity contribution in [2.24, 2.45) is 0 Å². The molecule has 1 saturated heterocycles. The number of thiophene rings is 1. The maximum absolute atomic E-state index is 12.6. The normalized spacial score (nSPS) is 14.3. The first-order valence-corrected chi connectivity index (χ1v) is 9.75. The highest BCUT2D eigenvalue weighted by Gasteiger charge is 2.20. The predicted octanol–water partition coefficient (Wildman–Crippen LogP) is 3.55. The first-order valence-electron chi connectivity index (χ1n) is 8.93. The fourth-order valence-corrected chi connectivity index (χ4v) is 4.15. The fraction of sp³-hybridized carbons (Fsp3) is 0.238. The van der Waals surface area contributed by atoms with Gasteiger partial charge in [0.2, 0.25) is 5.91 Å². The quantitative estimate of drug-likeness (QED) is 0.753. The lowest BCUT2D eigenvalue weighted by Crippen LogP contribution is -2.40. The number of rotatable bonds is 4. The number of fused-ring (bicyclic) bond motifs is 1. The van der Waals surface area contributed by atoms with Crippen molar-refractivity contribution in [1.29, 1.82) is 0 Å². The van der Waals surface area contributed by atoms with E-state index in [2.05, 4.69) is 5.32 Å². The van der Waals surface area contributed by atoms with Crippen molar-refractivity contribution in [2.45, 2.75) is 6.42 Å². The number of hydrogen-bond donors (Lipinski definition) is 1. The van der Waals surface area contributed by atoms with E-state index in [1.165, 1.54) is 11.3 Å². The van der Waals surface area contributed by atoms with E-state index in [4.69, 9.17) is 4.74 Å². The smallest absolute Gasteiger partial charge is 0.264 e. The van der Waals surface area contributed by atoms with Gasteiger partial charge in [0.1, 0.15) is 0 Å². The summed E-state index contributed by atoms with van der Waals surface area (Å²) in [5.74, 6) is -0.00504. The molecule has 2 amide bonds. The molecular formula is C21H20N2O3S. The Bertz CT molecular complexity index is 962. The van der Waals surface area contributed by atoms with Crippen LogP contribution in [0.15, 0.2) is 54.6 Å². The molecule has 0 saturated carbocycles. The topological polar surface area (TPSA) is 58.6 Å². The Morgan fingerprint density at radius 1 is 1.04 bits per heavy atom. The molecule has 1 aromatic heterocycles. The molecular weight excluding hydrogens is 360 g/mol. The Kier molecular flexibility index (Phi) is 5.18. The van der Waals surface area contributed by atoms with E-state index in [0.717, 1.165) is 26.2 Å². The number of benzene rings is 2. The lowest BCUT2D eigenvalue weighted by atomic mass is 10.1. The van der Waals surface area contributed by atoms with Crippen LogP contribution in [0.4, 0.5) is 5.69 Å². The molecule has 1 fully saturated rings. The molecule has 1 aliphatic rings. The van der Waals surface area contributed by atoms with Crippen LogP contribution in [0, 0.1) is 0 Å². The molecule has 6 heteroatoms. The minimum absolute atomic E-state index is 0.0502. The van der Waals surface area contributed by atoms with Gasteiger partial charge in [0, 0.05) is 23.5 Å². The molecule has 0 unspecified atom stereocenters. The van der Waals surface area contributed by atoms with Crippen LogP contribution in [-0.4, -0.2) is 43.0 Å². The standard InChI is InChI=1S/C21H20N2O3S/c24-20(12-15-4-2-1-3-5-15)22-17-6-7-18-16(13-17)14-19(27-18)21(25)23-8-10-26-11-9-23/h1-7,13-14H,8-12H2,(H,22,24). The maximum atomic E-state index is 12.6. The van der Waals surface area contributed by atoms with Crippen molar-refractivity contribution < 1.29 is 14.3 Å². The molecule has 0 atom stereocenters. The Morgan fingerprint density at radius 2 is 1.81 bits per heavy atom. The molecule has 1 N–H and O–H groups in total. The summed E-state index contributed by atoms with van der Waals surface area (Å²) < 4.78 is 6.34. The van der Waals surface area contributed by atoms with Gasteiger partial charge in [-0.15, -0.1) is 11.3 Å². The third-order valence-corrected chi connectivity index (χ3v) is 5.62. The number of nitrogens with one attached hydrogen (secondary N) is 1. The number of carbonyl (C=O) groups excluding carboxylic acids is 2. The van der Waals surface area contributed by atoms with Crippen molar-refractivity contribution in [1.82, 2.24) is 4.90 Å². The Morgan fingerprint density at radius 3 is 2.59 bits per heavy atom. The van der Waals surface area contributed by atoms with Gasteiger partial charge in [-0.2, -0.15) is 0 Å². The summed E-state index contributed by atoms with van der Waals surface area (Å²) >= 11 is 1.48. The SMILES string of the molecule is O=C(Cc1ccccc1)Nc1ccc2sc(C(=O)N3CCOCC3)cc2c1. The second kappa shape index (κ2) is 7.90. The van der Waals surface area contributed by atoms with Crippen molar-refractivity contribution in [3.05, 3.63) is 65.0 Å². The summed E-state index contributed by atoms with van der Waals surface area (Å²) in [6, 6.07) is 17.3. The van der Waals surface area contributed by atoms with E-state index in [1.54, 1.807) is 0 Å². The van der Waals surface area contributed by atoms with Crippen LogP contribution >= 0.6 is 11.3 Å². The van der Waals surface area contributed by atoms with Gasteiger partial charge in [-0.3, -0.25) is 9.59 Å². The molecule has 5 nitrogen and oxygen atoms in total. The van der Waals surface area contributed by atoms with Gasteiger partial charge in [0.05, 0.1) is 24.5 Å². The third-order valence-electron chi connectivity index (χ3n) is 4.52. The summed E-state index contributed by atoms with van der Waals surface area (Å²) in [6.45, 7) is 2.45. The van der Waals surface area contributed by atoms with Crippen molar-refractivity contribution in [3.8, 4) is 0 Å². The van der Waals surface area contributed by atoms with Gasteiger partial charge in [0.15, 0.2) is 0 Å². The lowest BCUT2D eigenvalue weighted by Gasteiger charge is -2.26. The molecule has 0 spiro atoms. The fourth-order valence-electron chi connectivity index (χ4n) is 3.14. The zero-order valence-corrected chi connectivity index (χ0v) is 15.6. The monoisotopic (exact) mass is 380 g/mol. The van der Waals surface area contributed by atoms with E-state index < -0.39 is 0 Å². The van der Waals surface area contributed by atoms with Crippen LogP contribution in [0.25, 0.3) is 10.1 Å². The maximum Gasteiger partial charge on any atom is 0.264 e. The van der Waals surface area contributed by atoms with Gasteiger partial charge in [-0.05, 0) is 35.2 Å². The molecule has 2 aromatic carbocycles. The molecule has 0 bridgehead atoms. The Labute approximate surface area is 161 Å². The van der Waals surface area contributed by atoms with Gasteiger partial charge in [-0.25, -0.2) is 0 Å². The van der Waals surface area contributed by atoms with E-state index in [-0.39, 0.29) is 11.8 Å². The number of ether oxygens (including phenoxy) is 1. The van der Waals surface area contributed by atoms with Crippen LogP contribution in [-0.2, 0) is 16.0 Å². The number of carbonyl (C=O) groups is 2. The molecule has 0 aliphatic carbocycles. The number of amides is 2. The molecule has 3 aromatic rings. The van der Waals surface area contributed by atoms with Crippen LogP contribution in [0.1, 0.15) is 15.2 Å². The van der Waals surface area contributed by atoms with Crippen LogP contribution in [0.2, 0.25) is 0 Å². The molecule has 2 heterocycles. The second-order valence-corrected chi connectivity index (χ2v) is 7.56. The largest absolute Gasteiger partial charge is 0.378 e. The lowest BCUT2D eigenvalue weighted by molar-refractivity contribution is -0.115. The van der Waals surface area contributed by atoms with Crippen LogP contribution in [0.3, 0.4) is 0 Å². The van der Waals surface area contributed by atoms with E-state index in [0.29, 0.717) is 32.7 Å². The van der Waals surface area contributed by atoms with Crippen molar-refractivity contribution >= 4 is 38.9 Å². The van der Waals surface area contributed by atoms with Crippen LogP contribution < -0.4 is 5.32 Å². The van der Waals surface area contributed by atoms with Gasteiger partial charge < -0.3 is 15.0 Å².